The topological polar surface area (TPSA) is 78.4 Å². The van der Waals surface area contributed by atoms with Crippen LogP contribution in [0.3, 0.4) is 0 Å². The molecule has 1 aliphatic heterocycles. The van der Waals surface area contributed by atoms with Gasteiger partial charge in [0.2, 0.25) is 10.0 Å². The van der Waals surface area contributed by atoms with Crippen LogP contribution in [0.15, 0.2) is 24.3 Å². The van der Waals surface area contributed by atoms with E-state index in [1.165, 1.54) is 12.1 Å². The van der Waals surface area contributed by atoms with Gasteiger partial charge in [0.1, 0.15) is 5.75 Å². The van der Waals surface area contributed by atoms with Crippen molar-refractivity contribution in [3.8, 4) is 5.75 Å². The number of anilines is 1. The molecule has 1 fully saturated rings. The number of phenols is 1. The molecule has 0 radical (unpaired) electrons. The van der Waals surface area contributed by atoms with E-state index >= 15 is 0 Å². The van der Waals surface area contributed by atoms with Crippen LogP contribution < -0.4 is 10.0 Å². The molecule has 1 aromatic carbocycles. The molecule has 3 N–H and O–H groups in total. The molecule has 5 nitrogen and oxygen atoms in total. The Hall–Kier alpha value is -1.27. The van der Waals surface area contributed by atoms with Gasteiger partial charge < -0.3 is 10.4 Å². The Morgan fingerprint density at radius 1 is 1.47 bits per heavy atom. The minimum Gasteiger partial charge on any atom is -0.508 e. The zero-order valence-corrected chi connectivity index (χ0v) is 10.2. The Kier molecular flexibility index (Phi) is 3.54. The zero-order valence-electron chi connectivity index (χ0n) is 9.39. The van der Waals surface area contributed by atoms with Crippen LogP contribution in [0.5, 0.6) is 5.75 Å². The third-order valence-electron chi connectivity index (χ3n) is 2.78. The fourth-order valence-corrected chi connectivity index (χ4v) is 2.88. The second-order valence-electron chi connectivity index (χ2n) is 4.20. The highest BCUT2D eigenvalue weighted by Crippen LogP contribution is 2.17. The number of aromatic hydroxyl groups is 1. The van der Waals surface area contributed by atoms with Crippen LogP contribution in [-0.4, -0.2) is 31.9 Å². The van der Waals surface area contributed by atoms with Gasteiger partial charge in [0.25, 0.3) is 0 Å². The molecule has 0 bridgehead atoms. The molecule has 0 spiro atoms. The first-order chi connectivity index (χ1) is 8.05. The van der Waals surface area contributed by atoms with Crippen molar-refractivity contribution in [3.05, 3.63) is 24.3 Å². The third kappa shape index (κ3) is 3.61. The van der Waals surface area contributed by atoms with Gasteiger partial charge in [0.15, 0.2) is 0 Å². The molecular weight excluding hydrogens is 240 g/mol. The van der Waals surface area contributed by atoms with Crippen molar-refractivity contribution in [2.75, 3.05) is 17.0 Å². The van der Waals surface area contributed by atoms with Gasteiger partial charge in [-0.1, -0.05) is 6.07 Å². The first-order valence-corrected chi connectivity index (χ1v) is 7.23. The summed E-state index contributed by atoms with van der Waals surface area (Å²) in [6.07, 6.45) is 1.66. The highest BCUT2D eigenvalue weighted by molar-refractivity contribution is 7.92. The van der Waals surface area contributed by atoms with Gasteiger partial charge in [-0.2, -0.15) is 0 Å². The molecule has 94 valence electrons. The van der Waals surface area contributed by atoms with Gasteiger partial charge >= 0.3 is 0 Å². The number of phenolic OH excluding ortho intramolecular Hbond substituents is 1. The summed E-state index contributed by atoms with van der Waals surface area (Å²) in [5.41, 5.74) is 0.395. The molecule has 1 saturated heterocycles. The van der Waals surface area contributed by atoms with Gasteiger partial charge in [-0.3, -0.25) is 4.72 Å². The summed E-state index contributed by atoms with van der Waals surface area (Å²) >= 11 is 0. The van der Waals surface area contributed by atoms with Gasteiger partial charge in [-0.05, 0) is 31.5 Å². The molecule has 17 heavy (non-hydrogen) atoms. The van der Waals surface area contributed by atoms with Crippen molar-refractivity contribution >= 4 is 15.7 Å². The minimum absolute atomic E-state index is 0.0471. The van der Waals surface area contributed by atoms with Crippen molar-refractivity contribution in [3.63, 3.8) is 0 Å². The number of sulfonamides is 1. The lowest BCUT2D eigenvalue weighted by Gasteiger charge is -2.27. The molecule has 0 saturated carbocycles. The molecule has 0 aliphatic carbocycles. The SMILES string of the molecule is O=S(=O)(CCC1CCN1)Nc1cccc(O)c1. The van der Waals surface area contributed by atoms with Crippen LogP contribution in [0.4, 0.5) is 5.69 Å². The average molecular weight is 256 g/mol. The van der Waals surface area contributed by atoms with Gasteiger partial charge in [-0.25, -0.2) is 8.42 Å². The number of hydrogen-bond donors (Lipinski definition) is 3. The monoisotopic (exact) mass is 256 g/mol. The number of rotatable bonds is 5. The second kappa shape index (κ2) is 4.93. The predicted octanol–water partition coefficient (Wildman–Crippen LogP) is 0.886. The van der Waals surface area contributed by atoms with Gasteiger partial charge in [-0.15, -0.1) is 0 Å². The summed E-state index contributed by atoms with van der Waals surface area (Å²) in [5.74, 6) is 0.145. The standard InChI is InChI=1S/C11H16N2O3S/c14-11-3-1-2-10(8-11)13-17(15,16)7-5-9-4-6-12-9/h1-3,8-9,12-14H,4-7H2. The summed E-state index contributed by atoms with van der Waals surface area (Å²) in [7, 11) is -3.32. The van der Waals surface area contributed by atoms with Crippen LogP contribution >= 0.6 is 0 Å². The van der Waals surface area contributed by atoms with Crippen molar-refractivity contribution < 1.29 is 13.5 Å². The van der Waals surface area contributed by atoms with Crippen LogP contribution in [0, 0.1) is 0 Å². The number of benzene rings is 1. The van der Waals surface area contributed by atoms with Crippen molar-refractivity contribution in [1.82, 2.24) is 5.32 Å². The Labute approximate surface area is 101 Å². The second-order valence-corrected chi connectivity index (χ2v) is 6.04. The average Bonchev–Trinajstić information content (AvgIpc) is 2.13. The van der Waals surface area contributed by atoms with Crippen molar-refractivity contribution in [1.29, 1.82) is 0 Å². The first-order valence-electron chi connectivity index (χ1n) is 5.58. The highest BCUT2D eigenvalue weighted by atomic mass is 32.2. The van der Waals surface area contributed by atoms with Crippen LogP contribution in [0.25, 0.3) is 0 Å². The summed E-state index contributed by atoms with van der Waals surface area (Å²) < 4.78 is 25.9. The van der Waals surface area contributed by atoms with E-state index < -0.39 is 10.0 Å². The molecule has 1 atom stereocenters. The molecule has 1 unspecified atom stereocenters. The van der Waals surface area contributed by atoms with Crippen LogP contribution in [0.2, 0.25) is 0 Å². The van der Waals surface area contributed by atoms with E-state index in [-0.39, 0.29) is 11.5 Å². The Balaban J connectivity index is 1.91. The lowest BCUT2D eigenvalue weighted by atomic mass is 10.1. The van der Waals surface area contributed by atoms with Crippen LogP contribution in [-0.2, 0) is 10.0 Å². The Morgan fingerprint density at radius 2 is 2.24 bits per heavy atom. The molecular formula is C11H16N2O3S. The zero-order chi connectivity index (χ0) is 12.3. The molecule has 1 aliphatic rings. The summed E-state index contributed by atoms with van der Waals surface area (Å²) in [4.78, 5) is 0. The van der Waals surface area contributed by atoms with Crippen molar-refractivity contribution in [2.45, 2.75) is 18.9 Å². The maximum Gasteiger partial charge on any atom is 0.232 e. The molecule has 0 aromatic heterocycles. The van der Waals surface area contributed by atoms with Gasteiger partial charge in [0.05, 0.1) is 11.4 Å². The Morgan fingerprint density at radius 3 is 2.82 bits per heavy atom. The number of nitrogens with one attached hydrogen (secondary N) is 2. The van der Waals surface area contributed by atoms with Crippen LogP contribution in [0.1, 0.15) is 12.8 Å². The predicted molar refractivity (Wildman–Crippen MR) is 66.5 cm³/mol. The molecule has 6 heteroatoms. The quantitative estimate of drug-likeness (QED) is 0.731. The fourth-order valence-electron chi connectivity index (χ4n) is 1.69. The molecule has 1 aromatic rings. The fraction of sp³-hybridized carbons (Fsp3) is 0.455. The van der Waals surface area contributed by atoms with E-state index in [9.17, 15) is 13.5 Å². The Bertz CT molecular complexity index is 483. The lowest BCUT2D eigenvalue weighted by molar-refractivity contribution is 0.362. The van der Waals surface area contributed by atoms with Crippen molar-refractivity contribution in [2.24, 2.45) is 0 Å². The third-order valence-corrected chi connectivity index (χ3v) is 4.10. The van der Waals surface area contributed by atoms with E-state index in [0.717, 1.165) is 13.0 Å². The maximum atomic E-state index is 11.7. The maximum absolute atomic E-state index is 11.7. The summed E-state index contributed by atoms with van der Waals surface area (Å²) in [5, 5.41) is 12.4. The van der Waals surface area contributed by atoms with E-state index in [4.69, 9.17) is 0 Å². The smallest absolute Gasteiger partial charge is 0.232 e. The molecule has 2 rings (SSSR count). The van der Waals surface area contributed by atoms with Gasteiger partial charge in [0, 0.05) is 12.1 Å². The molecule has 0 amide bonds. The normalized spacial score (nSPS) is 19.6. The number of hydrogen-bond acceptors (Lipinski definition) is 4. The summed E-state index contributed by atoms with van der Waals surface area (Å²) in [6, 6.07) is 6.42. The van der Waals surface area contributed by atoms with E-state index in [1.807, 2.05) is 0 Å². The molecule has 1 heterocycles. The van der Waals surface area contributed by atoms with E-state index in [0.29, 0.717) is 18.2 Å². The highest BCUT2D eigenvalue weighted by Gasteiger charge is 2.19. The first kappa shape index (κ1) is 12.2. The van der Waals surface area contributed by atoms with E-state index in [2.05, 4.69) is 10.0 Å². The minimum atomic E-state index is -3.32. The lowest BCUT2D eigenvalue weighted by Crippen LogP contribution is -2.44. The van der Waals surface area contributed by atoms with E-state index in [1.54, 1.807) is 12.1 Å². The summed E-state index contributed by atoms with van der Waals surface area (Å²) in [6.45, 7) is 0.977. The largest absolute Gasteiger partial charge is 0.508 e.